The van der Waals surface area contributed by atoms with Crippen molar-refractivity contribution in [3.8, 4) is 22.9 Å². The van der Waals surface area contributed by atoms with Gasteiger partial charge in [-0.2, -0.15) is 0 Å². The van der Waals surface area contributed by atoms with Crippen molar-refractivity contribution in [2.45, 2.75) is 5.16 Å². The second-order valence-electron chi connectivity index (χ2n) is 5.46. The Morgan fingerprint density at radius 3 is 2.56 bits per heavy atom. The first-order valence-corrected chi connectivity index (χ1v) is 9.07. The van der Waals surface area contributed by atoms with Gasteiger partial charge in [0.25, 0.3) is 0 Å². The lowest BCUT2D eigenvalue weighted by atomic mass is 10.1. The Bertz CT molecular complexity index is 942. The van der Waals surface area contributed by atoms with E-state index in [2.05, 4.69) is 10.2 Å². The van der Waals surface area contributed by atoms with Gasteiger partial charge in [-0.1, -0.05) is 17.8 Å². The molecule has 3 rings (SSSR count). The Kier molecular flexibility index (Phi) is 5.97. The minimum atomic E-state index is -0.0871. The van der Waals surface area contributed by atoms with Gasteiger partial charge in [0.1, 0.15) is 23.6 Å². The number of rotatable bonds is 8. The summed E-state index contributed by atoms with van der Waals surface area (Å²) < 4.78 is 17.6. The number of Topliss-reactive ketones (excluding diaryl/α,β-unsaturated/α-hetero) is 1. The molecule has 0 bridgehead atoms. The molecule has 8 heteroatoms. The van der Waals surface area contributed by atoms with Crippen molar-refractivity contribution in [2.75, 3.05) is 27.1 Å². The van der Waals surface area contributed by atoms with Crippen molar-refractivity contribution in [3.05, 3.63) is 54.4 Å². The van der Waals surface area contributed by atoms with Crippen LogP contribution < -0.4 is 14.2 Å². The number of thioether (sulfide) groups is 1. The summed E-state index contributed by atoms with van der Waals surface area (Å²) in [5.74, 6) is 1.94. The second kappa shape index (κ2) is 8.59. The number of ketones is 1. The lowest BCUT2D eigenvalue weighted by Crippen LogP contribution is -2.06. The van der Waals surface area contributed by atoms with Crippen LogP contribution in [0.2, 0.25) is 0 Å². The Balaban J connectivity index is 1.78. The Labute approximate surface area is 161 Å². The molecule has 3 aromatic rings. The fraction of sp³-hybridized carbons (Fsp3) is 0.211. The van der Waals surface area contributed by atoms with E-state index in [-0.39, 0.29) is 11.5 Å². The SMILES string of the molecule is COc1cccc(-n2cnnc2SCC(=O)c2cc(OC)ccc2OC)c1. The molecule has 1 heterocycles. The van der Waals surface area contributed by atoms with Crippen LogP contribution in [0.15, 0.2) is 53.9 Å². The van der Waals surface area contributed by atoms with E-state index >= 15 is 0 Å². The average Bonchev–Trinajstić information content (AvgIpc) is 3.20. The number of benzene rings is 2. The van der Waals surface area contributed by atoms with Crippen LogP contribution in [0.4, 0.5) is 0 Å². The van der Waals surface area contributed by atoms with Crippen LogP contribution in [-0.4, -0.2) is 47.6 Å². The summed E-state index contributed by atoms with van der Waals surface area (Å²) in [6.45, 7) is 0. The van der Waals surface area contributed by atoms with Gasteiger partial charge in [0, 0.05) is 6.07 Å². The molecule has 0 radical (unpaired) electrons. The Morgan fingerprint density at radius 2 is 1.81 bits per heavy atom. The average molecular weight is 385 g/mol. The van der Waals surface area contributed by atoms with E-state index < -0.39 is 0 Å². The predicted molar refractivity (Wildman–Crippen MR) is 103 cm³/mol. The smallest absolute Gasteiger partial charge is 0.196 e. The highest BCUT2D eigenvalue weighted by molar-refractivity contribution is 7.99. The van der Waals surface area contributed by atoms with Crippen molar-refractivity contribution in [1.82, 2.24) is 14.8 Å². The van der Waals surface area contributed by atoms with E-state index in [1.807, 2.05) is 28.8 Å². The standard InChI is InChI=1S/C19H19N3O4S/c1-24-14-6-4-5-13(9-14)22-12-20-21-19(22)27-11-17(23)16-10-15(25-2)7-8-18(16)26-3/h4-10,12H,11H2,1-3H3. The maximum absolute atomic E-state index is 12.7. The van der Waals surface area contributed by atoms with Crippen LogP contribution in [0.5, 0.6) is 17.2 Å². The molecule has 0 saturated heterocycles. The fourth-order valence-electron chi connectivity index (χ4n) is 2.50. The zero-order valence-electron chi connectivity index (χ0n) is 15.2. The van der Waals surface area contributed by atoms with Gasteiger partial charge in [0.2, 0.25) is 0 Å². The predicted octanol–water partition coefficient (Wildman–Crippen LogP) is 3.27. The van der Waals surface area contributed by atoms with Crippen LogP contribution in [0.1, 0.15) is 10.4 Å². The molecule has 7 nitrogen and oxygen atoms in total. The van der Waals surface area contributed by atoms with Crippen molar-refractivity contribution < 1.29 is 19.0 Å². The van der Waals surface area contributed by atoms with Crippen molar-refractivity contribution >= 4 is 17.5 Å². The van der Waals surface area contributed by atoms with E-state index in [9.17, 15) is 4.79 Å². The van der Waals surface area contributed by atoms with Crippen molar-refractivity contribution in [1.29, 1.82) is 0 Å². The van der Waals surface area contributed by atoms with Crippen LogP contribution in [0, 0.1) is 0 Å². The molecule has 0 saturated carbocycles. The monoisotopic (exact) mass is 385 g/mol. The van der Waals surface area contributed by atoms with Crippen LogP contribution in [0.3, 0.4) is 0 Å². The molecule has 0 aliphatic rings. The summed E-state index contributed by atoms with van der Waals surface area (Å²) in [6.07, 6.45) is 1.60. The largest absolute Gasteiger partial charge is 0.497 e. The minimum Gasteiger partial charge on any atom is -0.497 e. The van der Waals surface area contributed by atoms with Crippen LogP contribution in [0.25, 0.3) is 5.69 Å². The van der Waals surface area contributed by atoms with Gasteiger partial charge < -0.3 is 14.2 Å². The van der Waals surface area contributed by atoms with Gasteiger partial charge in [-0.3, -0.25) is 9.36 Å². The van der Waals surface area contributed by atoms with Gasteiger partial charge in [-0.15, -0.1) is 10.2 Å². The summed E-state index contributed by atoms with van der Waals surface area (Å²) in [6, 6.07) is 12.7. The van der Waals surface area contributed by atoms with E-state index in [1.54, 1.807) is 38.7 Å². The molecule has 0 aliphatic carbocycles. The van der Waals surface area contributed by atoms with Gasteiger partial charge >= 0.3 is 0 Å². The molecule has 0 amide bonds. The first-order chi connectivity index (χ1) is 13.2. The highest BCUT2D eigenvalue weighted by atomic mass is 32.2. The van der Waals surface area contributed by atoms with Crippen molar-refractivity contribution in [2.24, 2.45) is 0 Å². The van der Waals surface area contributed by atoms with Gasteiger partial charge in [0.15, 0.2) is 10.9 Å². The first kappa shape index (κ1) is 18.8. The number of aromatic nitrogens is 3. The van der Waals surface area contributed by atoms with Crippen molar-refractivity contribution in [3.63, 3.8) is 0 Å². The molecular weight excluding hydrogens is 366 g/mol. The van der Waals surface area contributed by atoms with Crippen LogP contribution in [-0.2, 0) is 0 Å². The molecule has 1 aromatic heterocycles. The highest BCUT2D eigenvalue weighted by Crippen LogP contribution is 2.27. The number of hydrogen-bond acceptors (Lipinski definition) is 7. The van der Waals surface area contributed by atoms with Gasteiger partial charge in [-0.25, -0.2) is 0 Å². The summed E-state index contributed by atoms with van der Waals surface area (Å²) in [5.41, 5.74) is 1.32. The summed E-state index contributed by atoms with van der Waals surface area (Å²) in [7, 11) is 4.70. The number of ether oxygens (including phenoxy) is 3. The molecule has 2 aromatic carbocycles. The topological polar surface area (TPSA) is 75.5 Å². The third-order valence-electron chi connectivity index (χ3n) is 3.89. The molecule has 27 heavy (non-hydrogen) atoms. The maximum Gasteiger partial charge on any atom is 0.196 e. The lowest BCUT2D eigenvalue weighted by molar-refractivity contribution is 0.101. The van der Waals surface area contributed by atoms with Crippen LogP contribution >= 0.6 is 11.8 Å². The van der Waals surface area contributed by atoms with E-state index in [0.717, 1.165) is 11.4 Å². The van der Waals surface area contributed by atoms with E-state index in [0.29, 0.717) is 22.2 Å². The lowest BCUT2D eigenvalue weighted by Gasteiger charge is -2.10. The van der Waals surface area contributed by atoms with Gasteiger partial charge in [-0.05, 0) is 30.3 Å². The third-order valence-corrected chi connectivity index (χ3v) is 4.83. The second-order valence-corrected chi connectivity index (χ2v) is 6.41. The molecule has 0 N–H and O–H groups in total. The van der Waals surface area contributed by atoms with E-state index in [4.69, 9.17) is 14.2 Å². The Morgan fingerprint density at radius 1 is 1.04 bits per heavy atom. The summed E-state index contributed by atoms with van der Waals surface area (Å²) in [4.78, 5) is 12.7. The normalized spacial score (nSPS) is 10.5. The number of nitrogens with zero attached hydrogens (tertiary/aromatic N) is 3. The Hall–Kier alpha value is -3.00. The van der Waals surface area contributed by atoms with Gasteiger partial charge in [0.05, 0.1) is 38.3 Å². The molecule has 0 unspecified atom stereocenters. The number of hydrogen-bond donors (Lipinski definition) is 0. The highest BCUT2D eigenvalue weighted by Gasteiger charge is 2.16. The zero-order valence-corrected chi connectivity index (χ0v) is 16.0. The minimum absolute atomic E-state index is 0.0871. The quantitative estimate of drug-likeness (QED) is 0.435. The number of methoxy groups -OCH3 is 3. The van der Waals surface area contributed by atoms with E-state index in [1.165, 1.54) is 18.9 Å². The number of carbonyl (C=O) groups excluding carboxylic acids is 1. The third kappa shape index (κ3) is 4.22. The molecule has 0 atom stereocenters. The first-order valence-electron chi connectivity index (χ1n) is 8.08. The fourth-order valence-corrected chi connectivity index (χ4v) is 3.31. The molecule has 140 valence electrons. The zero-order chi connectivity index (χ0) is 19.2. The molecule has 0 spiro atoms. The molecule has 0 aliphatic heterocycles. The summed E-state index contributed by atoms with van der Waals surface area (Å²) in [5, 5.41) is 8.69. The molecular formula is C19H19N3O4S. The molecule has 0 fully saturated rings. The number of carbonyl (C=O) groups is 1. The summed E-state index contributed by atoms with van der Waals surface area (Å²) >= 11 is 1.30. The maximum atomic E-state index is 12.7.